The van der Waals surface area contributed by atoms with Crippen molar-refractivity contribution in [3.8, 4) is 16.9 Å². The maximum absolute atomic E-state index is 13.3. The highest BCUT2D eigenvalue weighted by Gasteiger charge is 2.37. The molecule has 0 saturated carbocycles. The maximum atomic E-state index is 13.3. The number of carbonyl (C=O) groups is 1. The van der Waals surface area contributed by atoms with Gasteiger partial charge in [-0.15, -0.1) is 0 Å². The van der Waals surface area contributed by atoms with E-state index in [0.29, 0.717) is 35.9 Å². The Morgan fingerprint density at radius 3 is 2.26 bits per heavy atom. The molecule has 2 aromatic carbocycles. The van der Waals surface area contributed by atoms with E-state index >= 15 is 0 Å². The minimum Gasteiger partial charge on any atom is -0.493 e. The molecule has 5 rings (SSSR count). The lowest BCUT2D eigenvalue weighted by molar-refractivity contribution is -0.160. The Morgan fingerprint density at radius 2 is 1.66 bits per heavy atom. The number of rotatable bonds is 11. The van der Waals surface area contributed by atoms with Gasteiger partial charge in [0.2, 0.25) is 0 Å². The highest BCUT2D eigenvalue weighted by atomic mass is 19.1. The van der Waals surface area contributed by atoms with Crippen molar-refractivity contribution in [1.29, 1.82) is 0 Å². The third-order valence-corrected chi connectivity index (χ3v) is 8.45. The molecule has 1 aliphatic rings. The molecule has 2 aromatic heterocycles. The van der Waals surface area contributed by atoms with Gasteiger partial charge in [-0.2, -0.15) is 0 Å². The summed E-state index contributed by atoms with van der Waals surface area (Å²) in [4.78, 5) is 24.4. The summed E-state index contributed by atoms with van der Waals surface area (Å²) >= 11 is 0. The van der Waals surface area contributed by atoms with Crippen LogP contribution in [0.1, 0.15) is 70.4 Å². The molecular formula is C38H45FN4O4. The van der Waals surface area contributed by atoms with Gasteiger partial charge in [-0.1, -0.05) is 38.1 Å². The van der Waals surface area contributed by atoms with Gasteiger partial charge >= 0.3 is 5.97 Å². The van der Waals surface area contributed by atoms with Crippen molar-refractivity contribution < 1.29 is 23.8 Å². The average Bonchev–Trinajstić information content (AvgIpc) is 3.01. The summed E-state index contributed by atoms with van der Waals surface area (Å²) in [5, 5.41) is 14.1. The third kappa shape index (κ3) is 8.65. The van der Waals surface area contributed by atoms with Crippen molar-refractivity contribution >= 4 is 23.2 Å². The fourth-order valence-electron chi connectivity index (χ4n) is 5.86. The number of anilines is 3. The van der Waals surface area contributed by atoms with Gasteiger partial charge in [0.1, 0.15) is 17.4 Å². The first-order valence-corrected chi connectivity index (χ1v) is 16.1. The van der Waals surface area contributed by atoms with Gasteiger partial charge in [-0.3, -0.25) is 4.98 Å². The first-order valence-electron chi connectivity index (χ1n) is 16.1. The molecule has 1 saturated heterocycles. The molecule has 3 heterocycles. The molecule has 1 fully saturated rings. The van der Waals surface area contributed by atoms with Crippen LogP contribution in [-0.4, -0.2) is 46.3 Å². The average molecular weight is 641 g/mol. The number of halogens is 1. The summed E-state index contributed by atoms with van der Waals surface area (Å²) in [7, 11) is 0. The molecule has 9 heteroatoms. The predicted molar refractivity (Wildman–Crippen MR) is 184 cm³/mol. The Morgan fingerprint density at radius 1 is 1.02 bits per heavy atom. The lowest BCUT2D eigenvalue weighted by atomic mass is 9.82. The zero-order valence-corrected chi connectivity index (χ0v) is 28.1. The molecule has 4 aromatic rings. The minimum absolute atomic E-state index is 0.179. The molecule has 0 radical (unpaired) electrons. The first kappa shape index (κ1) is 33.9. The maximum Gasteiger partial charge on any atom is 0.337 e. The molecule has 2 N–H and O–H groups in total. The summed E-state index contributed by atoms with van der Waals surface area (Å²) in [5.41, 5.74) is 4.89. The van der Waals surface area contributed by atoms with Crippen LogP contribution in [0, 0.1) is 18.2 Å². The van der Waals surface area contributed by atoms with Crippen molar-refractivity contribution in [2.75, 3.05) is 29.9 Å². The smallest absolute Gasteiger partial charge is 0.337 e. The number of piperidine rings is 1. The third-order valence-electron chi connectivity index (χ3n) is 8.45. The fourth-order valence-corrected chi connectivity index (χ4v) is 5.86. The number of carboxylic acid groups (broad SMARTS) is 1. The number of benzene rings is 2. The highest BCUT2D eigenvalue weighted by molar-refractivity contribution is 5.93. The molecule has 0 bridgehead atoms. The van der Waals surface area contributed by atoms with E-state index in [1.165, 1.54) is 12.1 Å². The monoisotopic (exact) mass is 640 g/mol. The van der Waals surface area contributed by atoms with Crippen molar-refractivity contribution in [3.63, 3.8) is 0 Å². The van der Waals surface area contributed by atoms with Crippen LogP contribution < -0.4 is 15.0 Å². The van der Waals surface area contributed by atoms with Crippen molar-refractivity contribution in [1.82, 2.24) is 9.97 Å². The number of aliphatic carboxylic acids is 1. The fraction of sp³-hybridized carbons (Fsp3) is 0.395. The summed E-state index contributed by atoms with van der Waals surface area (Å²) in [6.07, 6.45) is 4.76. The zero-order chi connectivity index (χ0) is 33.8. The molecule has 1 atom stereocenters. The zero-order valence-electron chi connectivity index (χ0n) is 28.1. The number of carboxylic acids is 1. The van der Waals surface area contributed by atoms with E-state index in [4.69, 9.17) is 14.5 Å². The van der Waals surface area contributed by atoms with Crippen LogP contribution in [-0.2, 0) is 16.0 Å². The Balaban J connectivity index is 1.61. The molecule has 1 aliphatic heterocycles. The van der Waals surface area contributed by atoms with Crippen LogP contribution in [0.15, 0.2) is 73.1 Å². The summed E-state index contributed by atoms with van der Waals surface area (Å²) in [5.74, 6) is -0.0131. The van der Waals surface area contributed by atoms with Gasteiger partial charge in [-0.25, -0.2) is 14.2 Å². The van der Waals surface area contributed by atoms with E-state index < -0.39 is 17.7 Å². The Hall–Kier alpha value is -4.50. The quantitative estimate of drug-likeness (QED) is 0.168. The molecule has 0 spiro atoms. The predicted octanol–water partition coefficient (Wildman–Crippen LogP) is 8.52. The number of hydrogen-bond acceptors (Lipinski definition) is 7. The van der Waals surface area contributed by atoms with E-state index in [-0.39, 0.29) is 11.2 Å². The summed E-state index contributed by atoms with van der Waals surface area (Å²) in [6, 6.07) is 18.0. The van der Waals surface area contributed by atoms with Crippen LogP contribution in [0.3, 0.4) is 0 Å². The van der Waals surface area contributed by atoms with Gasteiger partial charge in [-0.05, 0) is 93.5 Å². The van der Waals surface area contributed by atoms with Crippen molar-refractivity contribution in [3.05, 3.63) is 95.7 Å². The van der Waals surface area contributed by atoms with E-state index in [1.54, 1.807) is 24.5 Å². The van der Waals surface area contributed by atoms with Crippen molar-refractivity contribution in [2.24, 2.45) is 5.41 Å². The van der Waals surface area contributed by atoms with Gasteiger partial charge < -0.3 is 24.8 Å². The normalized spacial score (nSPS) is 15.3. The van der Waals surface area contributed by atoms with Crippen LogP contribution >= 0.6 is 0 Å². The topological polar surface area (TPSA) is 96.8 Å². The van der Waals surface area contributed by atoms with Crippen LogP contribution in [0.5, 0.6) is 5.75 Å². The number of hydrogen-bond donors (Lipinski definition) is 2. The second-order valence-electron chi connectivity index (χ2n) is 13.9. The van der Waals surface area contributed by atoms with Crippen LogP contribution in [0.2, 0.25) is 0 Å². The number of nitrogens with one attached hydrogen (secondary N) is 1. The molecule has 248 valence electrons. The van der Waals surface area contributed by atoms with Gasteiger partial charge in [0.05, 0.1) is 17.9 Å². The molecule has 8 nitrogen and oxygen atoms in total. The largest absolute Gasteiger partial charge is 0.493 e. The molecule has 0 amide bonds. The summed E-state index contributed by atoms with van der Waals surface area (Å²) in [6.45, 7) is 14.0. The van der Waals surface area contributed by atoms with E-state index in [1.807, 2.05) is 64.1 Å². The van der Waals surface area contributed by atoms with E-state index in [2.05, 4.69) is 29.0 Å². The van der Waals surface area contributed by atoms with E-state index in [9.17, 15) is 14.3 Å². The van der Waals surface area contributed by atoms with Crippen LogP contribution in [0.4, 0.5) is 21.6 Å². The number of ether oxygens (including phenoxy) is 2. The lowest BCUT2D eigenvalue weighted by Gasteiger charge is -2.41. The van der Waals surface area contributed by atoms with Gasteiger partial charge in [0, 0.05) is 54.4 Å². The number of nitrogens with zero attached hydrogens (tertiary/aromatic N) is 3. The Labute approximate surface area is 277 Å². The molecule has 0 aliphatic carbocycles. The number of pyridine rings is 2. The molecule has 1 unspecified atom stereocenters. The SMILES string of the molecule is Cc1nc(Nc2ccncc2)c(-c2ccc(OCCc3ccc(F)cc3)cc2)c(N2CCC(C)(C)CC2)c1C(OC(C)(C)C)C(=O)O. The van der Waals surface area contributed by atoms with Gasteiger partial charge in [0.15, 0.2) is 6.10 Å². The molecular weight excluding hydrogens is 595 g/mol. The van der Waals surface area contributed by atoms with Crippen molar-refractivity contribution in [2.45, 2.75) is 72.5 Å². The molecule has 47 heavy (non-hydrogen) atoms. The van der Waals surface area contributed by atoms with Crippen LogP contribution in [0.25, 0.3) is 11.1 Å². The lowest BCUT2D eigenvalue weighted by Crippen LogP contribution is -2.39. The van der Waals surface area contributed by atoms with Gasteiger partial charge in [0.25, 0.3) is 0 Å². The standard InChI is InChI=1S/C38H45FN4O4/c1-25-31(34(36(44)45)47-37(2,3)4)33(43-22-18-38(5,6)19-23-43)32(35(41-25)42-29-15-20-40-21-16-29)27-9-13-30(14-10-27)46-24-17-26-7-11-28(39)12-8-26/h7-16,20-21,34H,17-19,22-24H2,1-6H3,(H,44,45)(H,40,41,42). The minimum atomic E-state index is -1.23. The Kier molecular flexibility index (Phi) is 10.2. The second kappa shape index (κ2) is 14.1. The first-order chi connectivity index (χ1) is 22.3. The summed E-state index contributed by atoms with van der Waals surface area (Å²) < 4.78 is 25.6. The number of aryl methyl sites for hydroxylation is 1. The van der Waals surface area contributed by atoms with E-state index in [0.717, 1.165) is 54.0 Å². The Bertz CT molecular complexity index is 1660. The highest BCUT2D eigenvalue weighted by Crippen LogP contribution is 2.47. The number of aromatic nitrogens is 2. The second-order valence-corrected chi connectivity index (χ2v) is 13.9.